The fourth-order valence-corrected chi connectivity index (χ4v) is 2.02. The average molecular weight is 288 g/mol. The molecule has 0 saturated carbocycles. The van der Waals surface area contributed by atoms with Crippen LogP contribution in [0.25, 0.3) is 0 Å². The number of nitrogens with one attached hydrogen (secondary N) is 2. The number of hydrogen-bond donors (Lipinski definition) is 2. The smallest absolute Gasteiger partial charge is 0.322 e. The molecule has 2 heterocycles. The molecule has 0 bridgehead atoms. The maximum atomic E-state index is 12.1. The molecule has 21 heavy (non-hydrogen) atoms. The highest BCUT2D eigenvalue weighted by molar-refractivity contribution is 5.87. The van der Waals surface area contributed by atoms with Gasteiger partial charge in [-0.25, -0.2) is 9.78 Å². The molecule has 0 aliphatic heterocycles. The predicted molar refractivity (Wildman–Crippen MR) is 79.6 cm³/mol. The molecule has 2 aromatic heterocycles. The fourth-order valence-electron chi connectivity index (χ4n) is 2.02. The predicted octanol–water partition coefficient (Wildman–Crippen LogP) is 2.12. The zero-order valence-electron chi connectivity index (χ0n) is 12.4. The third-order valence-corrected chi connectivity index (χ3v) is 2.92. The van der Waals surface area contributed by atoms with Crippen LogP contribution in [0.1, 0.15) is 31.9 Å². The monoisotopic (exact) mass is 288 g/mol. The van der Waals surface area contributed by atoms with Crippen LogP contribution in [-0.4, -0.2) is 25.8 Å². The number of carbonyl (C=O) groups excluding carboxylic acids is 1. The summed E-state index contributed by atoms with van der Waals surface area (Å²) in [4.78, 5) is 20.1. The summed E-state index contributed by atoms with van der Waals surface area (Å²) < 4.78 is 1.53. The molecule has 0 aliphatic rings. The van der Waals surface area contributed by atoms with E-state index in [4.69, 9.17) is 0 Å². The highest BCUT2D eigenvalue weighted by atomic mass is 16.2. The lowest BCUT2D eigenvalue weighted by Gasteiger charge is -2.20. The second-order valence-electron chi connectivity index (χ2n) is 5.31. The van der Waals surface area contributed by atoms with Crippen molar-refractivity contribution >= 4 is 12.0 Å². The third kappa shape index (κ3) is 4.55. The van der Waals surface area contributed by atoms with Gasteiger partial charge >= 0.3 is 6.03 Å². The fraction of sp³-hybridized carbons (Fsp3) is 0.429. The number of anilines is 1. The van der Waals surface area contributed by atoms with Crippen molar-refractivity contribution in [2.75, 3.05) is 5.32 Å². The van der Waals surface area contributed by atoms with Crippen molar-refractivity contribution < 1.29 is 4.79 Å². The van der Waals surface area contributed by atoms with Crippen LogP contribution in [0, 0.1) is 5.92 Å². The van der Waals surface area contributed by atoms with E-state index in [1.165, 1.54) is 11.0 Å². The van der Waals surface area contributed by atoms with E-state index in [2.05, 4.69) is 39.5 Å². The number of carbonyl (C=O) groups is 1. The first-order valence-corrected chi connectivity index (χ1v) is 6.87. The Labute approximate surface area is 123 Å². The van der Waals surface area contributed by atoms with Gasteiger partial charge in [-0.1, -0.05) is 19.9 Å². The van der Waals surface area contributed by atoms with Crippen molar-refractivity contribution in [2.24, 2.45) is 13.0 Å². The van der Waals surface area contributed by atoms with Gasteiger partial charge in [-0.3, -0.25) is 15.0 Å². The minimum atomic E-state index is -0.323. The van der Waals surface area contributed by atoms with Crippen LogP contribution in [0.2, 0.25) is 0 Å². The van der Waals surface area contributed by atoms with E-state index in [1.807, 2.05) is 12.1 Å². The highest BCUT2D eigenvalue weighted by Crippen LogP contribution is 2.20. The summed E-state index contributed by atoms with van der Waals surface area (Å²) in [6, 6.07) is 3.40. The summed E-state index contributed by atoms with van der Waals surface area (Å²) in [5.74, 6) is 0.730. The van der Waals surface area contributed by atoms with Crippen LogP contribution < -0.4 is 10.6 Å². The molecular formula is C14H20N6O. The number of hydrogen-bond acceptors (Lipinski definition) is 4. The average Bonchev–Trinajstić information content (AvgIpc) is 2.83. The van der Waals surface area contributed by atoms with E-state index in [1.54, 1.807) is 19.4 Å². The van der Waals surface area contributed by atoms with Gasteiger partial charge in [-0.05, 0) is 24.0 Å². The Kier molecular flexibility index (Phi) is 4.86. The molecule has 7 nitrogen and oxygen atoms in total. The molecule has 0 spiro atoms. The molecule has 2 aromatic rings. The molecule has 112 valence electrons. The molecule has 0 aromatic carbocycles. The first-order valence-electron chi connectivity index (χ1n) is 6.87. The Hall–Kier alpha value is -2.44. The van der Waals surface area contributed by atoms with Crippen LogP contribution in [0.15, 0.2) is 30.9 Å². The molecular weight excluding hydrogens is 268 g/mol. The lowest BCUT2D eigenvalue weighted by Crippen LogP contribution is -2.33. The molecule has 1 unspecified atom stereocenters. The molecule has 2 rings (SSSR count). The van der Waals surface area contributed by atoms with Gasteiger partial charge in [0, 0.05) is 19.4 Å². The maximum absolute atomic E-state index is 12.1. The normalized spacial score (nSPS) is 12.2. The minimum absolute atomic E-state index is 0.0950. The molecule has 1 atom stereocenters. The Bertz CT molecular complexity index is 580. The van der Waals surface area contributed by atoms with Crippen molar-refractivity contribution in [1.82, 2.24) is 25.1 Å². The zero-order valence-corrected chi connectivity index (χ0v) is 12.4. The van der Waals surface area contributed by atoms with E-state index in [9.17, 15) is 4.79 Å². The van der Waals surface area contributed by atoms with E-state index in [0.717, 1.165) is 12.0 Å². The van der Waals surface area contributed by atoms with Crippen molar-refractivity contribution in [3.63, 3.8) is 0 Å². The first-order chi connectivity index (χ1) is 10.0. The van der Waals surface area contributed by atoms with Crippen LogP contribution in [0.4, 0.5) is 10.7 Å². The summed E-state index contributed by atoms with van der Waals surface area (Å²) >= 11 is 0. The quantitative estimate of drug-likeness (QED) is 0.882. The van der Waals surface area contributed by atoms with Crippen molar-refractivity contribution in [1.29, 1.82) is 0 Å². The number of amides is 2. The molecule has 0 radical (unpaired) electrons. The molecule has 0 saturated heterocycles. The van der Waals surface area contributed by atoms with Gasteiger partial charge in [0.15, 0.2) is 0 Å². The Morgan fingerprint density at radius 2 is 2.24 bits per heavy atom. The third-order valence-electron chi connectivity index (χ3n) is 2.92. The standard InChI is InChI=1S/C14H20N6O/c1-10(2)7-12(11-5-4-6-15-8-11)17-14(21)18-13-16-9-20(3)19-13/h4-6,8-10,12H,7H2,1-3H3,(H2,17,18,19,21). The molecule has 2 N–H and O–H groups in total. The number of aryl methyl sites for hydroxylation is 1. The molecule has 0 fully saturated rings. The van der Waals surface area contributed by atoms with Crippen molar-refractivity contribution in [3.05, 3.63) is 36.4 Å². The second-order valence-corrected chi connectivity index (χ2v) is 5.31. The summed E-state index contributed by atoms with van der Waals surface area (Å²) in [6.07, 6.45) is 5.84. The van der Waals surface area contributed by atoms with E-state index < -0.39 is 0 Å². The summed E-state index contributed by atoms with van der Waals surface area (Å²) in [7, 11) is 1.74. The van der Waals surface area contributed by atoms with E-state index in [-0.39, 0.29) is 18.0 Å². The van der Waals surface area contributed by atoms with Gasteiger partial charge in [0.2, 0.25) is 5.95 Å². The SMILES string of the molecule is CC(C)CC(NC(=O)Nc1ncn(C)n1)c1cccnc1. The largest absolute Gasteiger partial charge is 0.331 e. The second kappa shape index (κ2) is 6.83. The molecule has 0 aliphatic carbocycles. The van der Waals surface area contributed by atoms with Crippen LogP contribution in [-0.2, 0) is 7.05 Å². The van der Waals surface area contributed by atoms with Crippen LogP contribution >= 0.6 is 0 Å². The number of aromatic nitrogens is 4. The molecule has 7 heteroatoms. The first kappa shape index (κ1) is 15.0. The Morgan fingerprint density at radius 1 is 1.43 bits per heavy atom. The Morgan fingerprint density at radius 3 is 2.81 bits per heavy atom. The van der Waals surface area contributed by atoms with E-state index >= 15 is 0 Å². The maximum Gasteiger partial charge on any atom is 0.322 e. The van der Waals surface area contributed by atoms with Gasteiger partial charge < -0.3 is 5.32 Å². The van der Waals surface area contributed by atoms with E-state index in [0.29, 0.717) is 5.92 Å². The summed E-state index contributed by atoms with van der Waals surface area (Å²) in [5.41, 5.74) is 0.982. The number of rotatable bonds is 5. The van der Waals surface area contributed by atoms with Gasteiger partial charge in [-0.15, -0.1) is 5.10 Å². The lowest BCUT2D eigenvalue weighted by molar-refractivity contribution is 0.246. The minimum Gasteiger partial charge on any atom is -0.331 e. The lowest BCUT2D eigenvalue weighted by atomic mass is 9.98. The number of urea groups is 1. The van der Waals surface area contributed by atoms with Gasteiger partial charge in [-0.2, -0.15) is 0 Å². The summed E-state index contributed by atoms with van der Waals surface area (Å²) in [6.45, 7) is 4.23. The molecule has 2 amide bonds. The van der Waals surface area contributed by atoms with Crippen molar-refractivity contribution in [2.45, 2.75) is 26.3 Å². The van der Waals surface area contributed by atoms with Gasteiger partial charge in [0.25, 0.3) is 0 Å². The van der Waals surface area contributed by atoms with Gasteiger partial charge in [0.05, 0.1) is 6.04 Å². The zero-order chi connectivity index (χ0) is 15.2. The Balaban J connectivity index is 2.02. The van der Waals surface area contributed by atoms with Crippen LogP contribution in [0.5, 0.6) is 0 Å². The van der Waals surface area contributed by atoms with Crippen molar-refractivity contribution in [3.8, 4) is 0 Å². The topological polar surface area (TPSA) is 84.7 Å². The summed E-state index contributed by atoms with van der Waals surface area (Å²) in [5, 5.41) is 9.58. The van der Waals surface area contributed by atoms with Crippen LogP contribution in [0.3, 0.4) is 0 Å². The van der Waals surface area contributed by atoms with Gasteiger partial charge in [0.1, 0.15) is 6.33 Å². The number of pyridine rings is 1. The highest BCUT2D eigenvalue weighted by Gasteiger charge is 2.17. The number of nitrogens with zero attached hydrogens (tertiary/aromatic N) is 4.